The first-order valence-corrected chi connectivity index (χ1v) is 10.8. The van der Waals surface area contributed by atoms with Gasteiger partial charge in [0.05, 0.1) is 23.5 Å². The maximum absolute atomic E-state index is 12.4. The minimum Gasteiger partial charge on any atom is -0.309 e. The molecule has 0 radical (unpaired) electrons. The number of H-pyrrole nitrogens is 1. The lowest BCUT2D eigenvalue weighted by Crippen LogP contribution is -2.47. The molecule has 3 aromatic carbocycles. The minimum atomic E-state index is -0.0625. The second-order valence-electron chi connectivity index (χ2n) is 8.07. The van der Waals surface area contributed by atoms with Gasteiger partial charge in [0.1, 0.15) is 5.82 Å². The fraction of sp³-hybridized carbons (Fsp3) is 0.231. The van der Waals surface area contributed by atoms with Crippen LogP contribution in [0.1, 0.15) is 23.0 Å². The lowest BCUT2D eigenvalue weighted by molar-refractivity contribution is 0.103. The van der Waals surface area contributed by atoms with Crippen LogP contribution in [-0.2, 0) is 6.54 Å². The van der Waals surface area contributed by atoms with E-state index in [1.54, 1.807) is 0 Å². The fourth-order valence-corrected chi connectivity index (χ4v) is 4.49. The molecule has 0 saturated carbocycles. The van der Waals surface area contributed by atoms with Crippen molar-refractivity contribution < 1.29 is 0 Å². The Morgan fingerprint density at radius 2 is 1.35 bits per heavy atom. The van der Waals surface area contributed by atoms with Crippen LogP contribution in [0.4, 0.5) is 0 Å². The van der Waals surface area contributed by atoms with E-state index in [0.717, 1.165) is 37.5 Å². The Bertz CT molecular complexity index is 1160. The van der Waals surface area contributed by atoms with E-state index < -0.39 is 0 Å². The van der Waals surface area contributed by atoms with Crippen LogP contribution in [-0.4, -0.2) is 45.9 Å². The maximum Gasteiger partial charge on any atom is 0.258 e. The van der Waals surface area contributed by atoms with Crippen LogP contribution in [0.5, 0.6) is 0 Å². The summed E-state index contributed by atoms with van der Waals surface area (Å²) >= 11 is 0. The Morgan fingerprint density at radius 3 is 2.00 bits per heavy atom. The second kappa shape index (κ2) is 8.84. The Balaban J connectivity index is 1.32. The van der Waals surface area contributed by atoms with Crippen LogP contribution >= 0.6 is 0 Å². The number of rotatable bonds is 5. The molecule has 1 aliphatic heterocycles. The SMILES string of the molecule is O=c1[nH]c(CN2CCN(C(c3ccccc3)c3ccccc3)CC2)nc2ccccc12. The topological polar surface area (TPSA) is 52.2 Å². The van der Waals surface area contributed by atoms with E-state index in [1.165, 1.54) is 11.1 Å². The van der Waals surface area contributed by atoms with Gasteiger partial charge in [-0.05, 0) is 23.3 Å². The van der Waals surface area contributed by atoms with Crippen LogP contribution in [0.15, 0.2) is 89.7 Å². The number of hydrogen-bond acceptors (Lipinski definition) is 4. The molecule has 1 aromatic heterocycles. The van der Waals surface area contributed by atoms with E-state index >= 15 is 0 Å². The van der Waals surface area contributed by atoms with Gasteiger partial charge in [-0.25, -0.2) is 4.98 Å². The van der Waals surface area contributed by atoms with E-state index in [2.05, 4.69) is 80.4 Å². The van der Waals surface area contributed by atoms with Crippen LogP contribution in [0, 0.1) is 0 Å². The van der Waals surface area contributed by atoms with Crippen molar-refractivity contribution in [1.82, 2.24) is 19.8 Å². The predicted octanol–water partition coefficient (Wildman–Crippen LogP) is 3.83. The second-order valence-corrected chi connectivity index (χ2v) is 8.07. The van der Waals surface area contributed by atoms with Gasteiger partial charge in [0, 0.05) is 26.2 Å². The van der Waals surface area contributed by atoms with Gasteiger partial charge >= 0.3 is 0 Å². The first kappa shape index (κ1) is 19.7. The van der Waals surface area contributed by atoms with E-state index in [9.17, 15) is 4.79 Å². The smallest absolute Gasteiger partial charge is 0.258 e. The van der Waals surface area contributed by atoms with Crippen molar-refractivity contribution >= 4 is 10.9 Å². The number of piperazine rings is 1. The average Bonchev–Trinajstić information content (AvgIpc) is 2.82. The van der Waals surface area contributed by atoms with Gasteiger partial charge < -0.3 is 4.98 Å². The molecular formula is C26H26N4O. The Hall–Kier alpha value is -3.28. The molecule has 5 heteroatoms. The zero-order valence-corrected chi connectivity index (χ0v) is 17.4. The minimum absolute atomic E-state index is 0.0625. The number of aromatic amines is 1. The third-order valence-electron chi connectivity index (χ3n) is 6.04. The van der Waals surface area contributed by atoms with Gasteiger partial charge in [-0.15, -0.1) is 0 Å². The number of benzene rings is 3. The molecule has 1 saturated heterocycles. The van der Waals surface area contributed by atoms with Crippen LogP contribution in [0.2, 0.25) is 0 Å². The molecule has 0 aliphatic carbocycles. The summed E-state index contributed by atoms with van der Waals surface area (Å²) in [4.78, 5) is 24.9. The molecule has 1 fully saturated rings. The molecule has 2 heterocycles. The van der Waals surface area contributed by atoms with Gasteiger partial charge in [0.15, 0.2) is 0 Å². The first-order chi connectivity index (χ1) is 15.3. The summed E-state index contributed by atoms with van der Waals surface area (Å²) in [7, 11) is 0. The zero-order valence-electron chi connectivity index (χ0n) is 17.4. The molecule has 5 rings (SSSR count). The molecule has 1 aliphatic rings. The molecule has 31 heavy (non-hydrogen) atoms. The van der Waals surface area contributed by atoms with Gasteiger partial charge in [0.25, 0.3) is 5.56 Å². The highest BCUT2D eigenvalue weighted by Crippen LogP contribution is 2.29. The van der Waals surface area contributed by atoms with Gasteiger partial charge in [0.2, 0.25) is 0 Å². The molecule has 0 amide bonds. The number of nitrogens with zero attached hydrogens (tertiary/aromatic N) is 3. The molecular weight excluding hydrogens is 384 g/mol. The molecule has 0 bridgehead atoms. The first-order valence-electron chi connectivity index (χ1n) is 10.8. The zero-order chi connectivity index (χ0) is 21.0. The highest BCUT2D eigenvalue weighted by molar-refractivity contribution is 5.77. The molecule has 5 nitrogen and oxygen atoms in total. The van der Waals surface area contributed by atoms with Crippen LogP contribution in [0.25, 0.3) is 10.9 Å². The highest BCUT2D eigenvalue weighted by atomic mass is 16.1. The van der Waals surface area contributed by atoms with E-state index in [0.29, 0.717) is 11.9 Å². The molecule has 156 valence electrons. The third-order valence-corrected chi connectivity index (χ3v) is 6.04. The van der Waals surface area contributed by atoms with E-state index in [-0.39, 0.29) is 11.6 Å². The lowest BCUT2D eigenvalue weighted by Gasteiger charge is -2.39. The fourth-order valence-electron chi connectivity index (χ4n) is 4.49. The summed E-state index contributed by atoms with van der Waals surface area (Å²) in [6, 6.07) is 29.2. The molecule has 0 atom stereocenters. The standard InChI is InChI=1S/C26H26N4O/c31-26-22-13-7-8-14-23(22)27-24(28-26)19-29-15-17-30(18-16-29)25(20-9-3-1-4-10-20)21-11-5-2-6-12-21/h1-14,25H,15-19H2,(H,27,28,31). The molecule has 0 spiro atoms. The van der Waals surface area contributed by atoms with Crippen molar-refractivity contribution in [2.24, 2.45) is 0 Å². The predicted molar refractivity (Wildman–Crippen MR) is 124 cm³/mol. The summed E-state index contributed by atoms with van der Waals surface area (Å²) < 4.78 is 0. The van der Waals surface area contributed by atoms with Crippen LogP contribution < -0.4 is 5.56 Å². The largest absolute Gasteiger partial charge is 0.309 e. The van der Waals surface area contributed by atoms with Crippen molar-refractivity contribution in [3.8, 4) is 0 Å². The maximum atomic E-state index is 12.4. The van der Waals surface area contributed by atoms with Crippen molar-refractivity contribution in [2.45, 2.75) is 12.6 Å². The number of aromatic nitrogens is 2. The number of nitrogens with one attached hydrogen (secondary N) is 1. The van der Waals surface area contributed by atoms with E-state index in [4.69, 9.17) is 0 Å². The summed E-state index contributed by atoms with van der Waals surface area (Å²) in [5.41, 5.74) is 3.34. The number of fused-ring (bicyclic) bond motifs is 1. The Labute approximate surface area is 182 Å². The Kier molecular flexibility index (Phi) is 5.61. The van der Waals surface area contributed by atoms with Gasteiger partial charge in [-0.3, -0.25) is 14.6 Å². The summed E-state index contributed by atoms with van der Waals surface area (Å²) in [6.07, 6.45) is 0. The quantitative estimate of drug-likeness (QED) is 0.543. The van der Waals surface area contributed by atoms with Gasteiger partial charge in [-0.1, -0.05) is 72.8 Å². The van der Waals surface area contributed by atoms with Crippen molar-refractivity contribution in [2.75, 3.05) is 26.2 Å². The number of para-hydroxylation sites is 1. The van der Waals surface area contributed by atoms with Crippen molar-refractivity contribution in [3.63, 3.8) is 0 Å². The highest BCUT2D eigenvalue weighted by Gasteiger charge is 2.26. The molecule has 4 aromatic rings. The summed E-state index contributed by atoms with van der Waals surface area (Å²) in [5.74, 6) is 0.736. The van der Waals surface area contributed by atoms with Gasteiger partial charge in [-0.2, -0.15) is 0 Å². The summed E-state index contributed by atoms with van der Waals surface area (Å²) in [6.45, 7) is 4.47. The monoisotopic (exact) mass is 410 g/mol. The molecule has 1 N–H and O–H groups in total. The van der Waals surface area contributed by atoms with Crippen molar-refractivity contribution in [1.29, 1.82) is 0 Å². The normalized spacial score (nSPS) is 15.5. The van der Waals surface area contributed by atoms with Crippen LogP contribution in [0.3, 0.4) is 0 Å². The van der Waals surface area contributed by atoms with E-state index in [1.807, 2.05) is 24.3 Å². The average molecular weight is 411 g/mol. The summed E-state index contributed by atoms with van der Waals surface area (Å²) in [5, 5.41) is 0.643. The lowest BCUT2D eigenvalue weighted by atomic mass is 9.96. The molecule has 0 unspecified atom stereocenters. The number of hydrogen-bond donors (Lipinski definition) is 1. The van der Waals surface area contributed by atoms with Crippen molar-refractivity contribution in [3.05, 3.63) is 112 Å². The third kappa shape index (κ3) is 4.29. The Morgan fingerprint density at radius 1 is 0.774 bits per heavy atom.